The SMILES string of the molecule is CC(C)N(C(C)C)P(c1ccc(C#C[Si](C)(C)C)cc1)N(C(C)C)C(C)C. The van der Waals surface area contributed by atoms with Gasteiger partial charge < -0.3 is 0 Å². The number of benzene rings is 1. The second-order valence-corrected chi connectivity index (χ2v) is 16.2. The Balaban J connectivity index is 3.39. The summed E-state index contributed by atoms with van der Waals surface area (Å²) in [6, 6.07) is 11.1. The van der Waals surface area contributed by atoms with Crippen LogP contribution in [0.1, 0.15) is 61.0 Å². The Kier molecular flexibility index (Phi) is 9.23. The first kappa shape index (κ1) is 24.4. The van der Waals surface area contributed by atoms with Crippen molar-refractivity contribution in [2.24, 2.45) is 0 Å². The first-order chi connectivity index (χ1) is 12.3. The van der Waals surface area contributed by atoms with Gasteiger partial charge in [-0.05, 0) is 67.5 Å². The average molecular weight is 405 g/mol. The fourth-order valence-electron chi connectivity index (χ4n) is 3.39. The Morgan fingerprint density at radius 3 is 1.37 bits per heavy atom. The second kappa shape index (κ2) is 10.2. The van der Waals surface area contributed by atoms with Gasteiger partial charge in [0.15, 0.2) is 0 Å². The first-order valence-corrected chi connectivity index (χ1v) is 15.1. The minimum Gasteiger partial charge on any atom is -0.261 e. The van der Waals surface area contributed by atoms with Crippen LogP contribution in [0.3, 0.4) is 0 Å². The van der Waals surface area contributed by atoms with Gasteiger partial charge in [0, 0.05) is 35.0 Å². The lowest BCUT2D eigenvalue weighted by molar-refractivity contribution is 0.261. The fourth-order valence-corrected chi connectivity index (χ4v) is 6.85. The third kappa shape index (κ3) is 7.35. The van der Waals surface area contributed by atoms with Crippen LogP contribution < -0.4 is 5.30 Å². The predicted octanol–water partition coefficient (Wildman–Crippen LogP) is 6.09. The van der Waals surface area contributed by atoms with E-state index in [1.807, 2.05) is 0 Å². The lowest BCUT2D eigenvalue weighted by Gasteiger charge is -2.47. The Morgan fingerprint density at radius 2 is 1.07 bits per heavy atom. The largest absolute Gasteiger partial charge is 0.261 e. The molecule has 0 spiro atoms. The molecule has 0 amide bonds. The van der Waals surface area contributed by atoms with E-state index in [4.69, 9.17) is 0 Å². The van der Waals surface area contributed by atoms with Gasteiger partial charge in [0.2, 0.25) is 0 Å². The van der Waals surface area contributed by atoms with Crippen molar-refractivity contribution >= 4 is 21.6 Å². The molecule has 1 aromatic carbocycles. The Labute approximate surface area is 171 Å². The summed E-state index contributed by atoms with van der Waals surface area (Å²) in [7, 11) is -1.90. The summed E-state index contributed by atoms with van der Waals surface area (Å²) in [5.74, 6) is 3.39. The monoisotopic (exact) mass is 404 g/mol. The maximum atomic E-state index is 3.48. The summed E-state index contributed by atoms with van der Waals surface area (Å²) < 4.78 is 5.39. The zero-order valence-corrected chi connectivity index (χ0v) is 21.4. The van der Waals surface area contributed by atoms with E-state index in [9.17, 15) is 0 Å². The molecule has 0 bridgehead atoms. The minimum atomic E-state index is -1.34. The van der Waals surface area contributed by atoms with Crippen LogP contribution in [0.4, 0.5) is 0 Å². The van der Waals surface area contributed by atoms with Crippen LogP contribution in [-0.2, 0) is 0 Å². The normalized spacial score (nSPS) is 12.8. The Bertz CT molecular complexity index is 597. The highest BCUT2D eigenvalue weighted by atomic mass is 31.1. The van der Waals surface area contributed by atoms with E-state index in [1.165, 1.54) is 5.30 Å². The van der Waals surface area contributed by atoms with Crippen LogP contribution >= 0.6 is 8.22 Å². The molecule has 4 heteroatoms. The first-order valence-electron chi connectivity index (χ1n) is 10.3. The minimum absolute atomic E-state index is 0.502. The second-order valence-electron chi connectivity index (χ2n) is 9.47. The molecule has 0 heterocycles. The van der Waals surface area contributed by atoms with E-state index in [2.05, 4.69) is 120 Å². The molecule has 0 aliphatic carbocycles. The molecular formula is C23H41N2PSi. The molecule has 0 unspecified atom stereocenters. The third-order valence-corrected chi connectivity index (χ3v) is 8.59. The van der Waals surface area contributed by atoms with Gasteiger partial charge in [0.1, 0.15) is 8.07 Å². The van der Waals surface area contributed by atoms with Gasteiger partial charge in [0.05, 0.1) is 8.22 Å². The molecule has 0 aliphatic rings. The van der Waals surface area contributed by atoms with Gasteiger partial charge in [-0.1, -0.05) is 37.7 Å². The number of nitrogens with zero attached hydrogens (tertiary/aromatic N) is 2. The molecule has 0 aliphatic heterocycles. The van der Waals surface area contributed by atoms with E-state index >= 15 is 0 Å². The number of hydrogen-bond acceptors (Lipinski definition) is 2. The van der Waals surface area contributed by atoms with Crippen molar-refractivity contribution in [3.63, 3.8) is 0 Å². The molecule has 0 atom stereocenters. The summed E-state index contributed by atoms with van der Waals surface area (Å²) in [5.41, 5.74) is 4.62. The summed E-state index contributed by atoms with van der Waals surface area (Å²) in [6.45, 7) is 25.4. The number of rotatable bonds is 7. The molecule has 0 aromatic heterocycles. The van der Waals surface area contributed by atoms with Gasteiger partial charge in [-0.2, -0.15) is 0 Å². The van der Waals surface area contributed by atoms with Gasteiger partial charge in [-0.15, -0.1) is 5.54 Å². The molecule has 1 aromatic rings. The molecule has 0 fully saturated rings. The molecule has 0 saturated heterocycles. The smallest absolute Gasteiger partial charge is 0.129 e. The number of hydrogen-bond donors (Lipinski definition) is 0. The van der Waals surface area contributed by atoms with Crippen molar-refractivity contribution in [1.82, 2.24) is 9.34 Å². The summed E-state index contributed by atoms with van der Waals surface area (Å²) in [4.78, 5) is 0. The van der Waals surface area contributed by atoms with Crippen LogP contribution in [0.15, 0.2) is 24.3 Å². The van der Waals surface area contributed by atoms with Crippen molar-refractivity contribution < 1.29 is 0 Å². The van der Waals surface area contributed by atoms with Crippen LogP contribution in [0.25, 0.3) is 0 Å². The van der Waals surface area contributed by atoms with Gasteiger partial charge >= 0.3 is 0 Å². The third-order valence-electron chi connectivity index (χ3n) is 4.23. The van der Waals surface area contributed by atoms with Crippen molar-refractivity contribution in [3.8, 4) is 11.5 Å². The van der Waals surface area contributed by atoms with Gasteiger partial charge in [0.25, 0.3) is 0 Å². The lowest BCUT2D eigenvalue weighted by atomic mass is 10.2. The highest BCUT2D eigenvalue weighted by molar-refractivity contribution is 7.61. The topological polar surface area (TPSA) is 6.48 Å². The quantitative estimate of drug-likeness (QED) is 0.308. The van der Waals surface area contributed by atoms with Crippen LogP contribution in [-0.4, -0.2) is 41.6 Å². The molecule has 0 N–H and O–H groups in total. The van der Waals surface area contributed by atoms with Crippen molar-refractivity contribution in [2.45, 2.75) is 99.2 Å². The predicted molar refractivity (Wildman–Crippen MR) is 127 cm³/mol. The van der Waals surface area contributed by atoms with E-state index in [0.29, 0.717) is 24.2 Å². The fraction of sp³-hybridized carbons (Fsp3) is 0.652. The van der Waals surface area contributed by atoms with Crippen LogP contribution in [0.2, 0.25) is 19.6 Å². The highest BCUT2D eigenvalue weighted by Crippen LogP contribution is 2.48. The van der Waals surface area contributed by atoms with Gasteiger partial charge in [-0.25, -0.2) is 0 Å². The summed E-state index contributed by atoms with van der Waals surface area (Å²) in [6.07, 6.45) is 0. The van der Waals surface area contributed by atoms with Gasteiger partial charge in [-0.3, -0.25) is 9.34 Å². The zero-order valence-electron chi connectivity index (χ0n) is 19.5. The van der Waals surface area contributed by atoms with Crippen molar-refractivity contribution in [2.75, 3.05) is 0 Å². The van der Waals surface area contributed by atoms with Crippen LogP contribution in [0.5, 0.6) is 0 Å². The molecule has 0 saturated carbocycles. The van der Waals surface area contributed by atoms with E-state index in [1.54, 1.807) is 0 Å². The zero-order chi connectivity index (χ0) is 20.9. The van der Waals surface area contributed by atoms with E-state index < -0.39 is 16.3 Å². The summed E-state index contributed by atoms with van der Waals surface area (Å²) >= 11 is 0. The van der Waals surface area contributed by atoms with Crippen LogP contribution in [0, 0.1) is 11.5 Å². The molecule has 0 radical (unpaired) electrons. The molecular weight excluding hydrogens is 363 g/mol. The maximum Gasteiger partial charge on any atom is 0.129 e. The molecule has 27 heavy (non-hydrogen) atoms. The highest BCUT2D eigenvalue weighted by Gasteiger charge is 2.33. The summed E-state index contributed by atoms with van der Waals surface area (Å²) in [5, 5.41) is 1.42. The van der Waals surface area contributed by atoms with Crippen molar-refractivity contribution in [3.05, 3.63) is 29.8 Å². The van der Waals surface area contributed by atoms with Crippen molar-refractivity contribution in [1.29, 1.82) is 0 Å². The van der Waals surface area contributed by atoms with E-state index in [0.717, 1.165) is 5.56 Å². The average Bonchev–Trinajstić information content (AvgIpc) is 2.50. The molecule has 152 valence electrons. The Morgan fingerprint density at radius 1 is 0.704 bits per heavy atom. The molecule has 2 nitrogen and oxygen atoms in total. The molecule has 1 rings (SSSR count). The lowest BCUT2D eigenvalue weighted by Crippen LogP contribution is -2.45. The maximum absolute atomic E-state index is 3.48. The van der Waals surface area contributed by atoms with E-state index in [-0.39, 0.29) is 0 Å². The Hall–Kier alpha value is -0.653. The standard InChI is InChI=1S/C23H41N2PSi/c1-18(2)24(19(3)4)26(25(20(5)6)21(7)8)23-14-12-22(13-15-23)16-17-27(9,10)11/h12-15,18-21H,1-11H3.